The fraction of sp³-hybridized carbons (Fsp3) is 0.375. The van der Waals surface area contributed by atoms with Crippen LogP contribution in [0.1, 0.15) is 28.9 Å². The van der Waals surface area contributed by atoms with E-state index in [0.29, 0.717) is 18.1 Å². The number of aryl methyl sites for hydroxylation is 1. The van der Waals surface area contributed by atoms with E-state index in [1.54, 1.807) is 6.92 Å². The molecule has 5 heteroatoms. The van der Waals surface area contributed by atoms with E-state index in [4.69, 9.17) is 5.41 Å². The van der Waals surface area contributed by atoms with Crippen molar-refractivity contribution in [1.29, 1.82) is 5.41 Å². The first-order chi connectivity index (χ1) is 6.19. The Kier molecular flexibility index (Phi) is 2.79. The van der Waals surface area contributed by atoms with Crippen LogP contribution in [0.25, 0.3) is 0 Å². The Morgan fingerprint density at radius 1 is 1.77 bits per heavy atom. The third-order valence-corrected chi connectivity index (χ3v) is 1.55. The van der Waals surface area contributed by atoms with Crippen molar-refractivity contribution in [2.24, 2.45) is 0 Å². The topological polar surface area (TPSA) is 81.6 Å². The number of nitrogens with zero attached hydrogens (tertiary/aromatic N) is 1. The second-order valence-electron chi connectivity index (χ2n) is 2.59. The van der Waals surface area contributed by atoms with Gasteiger partial charge in [0.2, 0.25) is 0 Å². The zero-order valence-electron chi connectivity index (χ0n) is 7.64. The molecule has 0 aliphatic rings. The number of aromatic nitrogens is 2. The van der Waals surface area contributed by atoms with Crippen molar-refractivity contribution >= 4 is 12.1 Å². The summed E-state index contributed by atoms with van der Waals surface area (Å²) in [5.41, 5.74) is 0.734. The average Bonchev–Trinajstić information content (AvgIpc) is 2.47. The highest BCUT2D eigenvalue weighted by Gasteiger charge is 2.13. The Balaban J connectivity index is 2.98. The predicted molar refractivity (Wildman–Crippen MR) is 49.2 cm³/mol. The van der Waals surface area contributed by atoms with Crippen LogP contribution < -0.4 is 5.32 Å². The third kappa shape index (κ3) is 1.93. The molecule has 1 aromatic rings. The second kappa shape index (κ2) is 3.84. The fourth-order valence-electron chi connectivity index (χ4n) is 1.03. The molecule has 1 aromatic heterocycles. The highest BCUT2D eigenvalue weighted by molar-refractivity contribution is 5.99. The Labute approximate surface area is 76.1 Å². The number of amides is 1. The number of H-pyrrole nitrogens is 1. The van der Waals surface area contributed by atoms with E-state index >= 15 is 0 Å². The number of carbonyl (C=O) groups excluding carboxylic acids is 1. The molecule has 13 heavy (non-hydrogen) atoms. The summed E-state index contributed by atoms with van der Waals surface area (Å²) in [5, 5.41) is 9.67. The maximum Gasteiger partial charge on any atom is 0.272 e. The summed E-state index contributed by atoms with van der Waals surface area (Å²) in [5.74, 6) is 0.394. The molecule has 0 atom stereocenters. The number of imidazole rings is 1. The maximum absolute atomic E-state index is 11.3. The first-order valence-corrected chi connectivity index (χ1v) is 4.04. The van der Waals surface area contributed by atoms with E-state index in [1.807, 2.05) is 6.92 Å². The number of nitrogens with one attached hydrogen (secondary N) is 3. The zero-order valence-corrected chi connectivity index (χ0v) is 7.64. The third-order valence-electron chi connectivity index (χ3n) is 1.55. The summed E-state index contributed by atoms with van der Waals surface area (Å²) < 4.78 is 0. The van der Waals surface area contributed by atoms with Gasteiger partial charge in [-0.1, -0.05) is 0 Å². The minimum Gasteiger partial charge on any atom is -0.351 e. The van der Waals surface area contributed by atoms with E-state index in [0.717, 1.165) is 6.21 Å². The monoisotopic (exact) mass is 180 g/mol. The van der Waals surface area contributed by atoms with E-state index in [2.05, 4.69) is 15.3 Å². The molecule has 1 rings (SSSR count). The van der Waals surface area contributed by atoms with Gasteiger partial charge in [0.1, 0.15) is 5.82 Å². The molecule has 0 aromatic carbocycles. The summed E-state index contributed by atoms with van der Waals surface area (Å²) in [4.78, 5) is 18.1. The van der Waals surface area contributed by atoms with E-state index in [-0.39, 0.29) is 11.6 Å². The van der Waals surface area contributed by atoms with Crippen LogP contribution in [0.5, 0.6) is 0 Å². The first kappa shape index (κ1) is 9.44. The molecule has 3 N–H and O–H groups in total. The molecule has 1 amide bonds. The Morgan fingerprint density at radius 3 is 3.00 bits per heavy atom. The maximum atomic E-state index is 11.3. The predicted octanol–water partition coefficient (Wildman–Crippen LogP) is 0.465. The molecule has 1 heterocycles. The van der Waals surface area contributed by atoms with Gasteiger partial charge in [0, 0.05) is 12.8 Å². The normalized spacial score (nSPS) is 9.69. The first-order valence-electron chi connectivity index (χ1n) is 4.04. The largest absolute Gasteiger partial charge is 0.351 e. The van der Waals surface area contributed by atoms with Gasteiger partial charge >= 0.3 is 0 Å². The molecular formula is C8H12N4O. The standard InChI is InChI=1S/C8H12N4O/c1-3-10-8(13)7-6(4-9)11-5(2)12-7/h4,9H,3H2,1-2H3,(H,10,13)(H,11,12). The molecular weight excluding hydrogens is 168 g/mol. The number of hydrogen-bond donors (Lipinski definition) is 3. The van der Waals surface area contributed by atoms with Crippen LogP contribution in [0.4, 0.5) is 0 Å². The van der Waals surface area contributed by atoms with Crippen molar-refractivity contribution < 1.29 is 4.79 Å². The van der Waals surface area contributed by atoms with Crippen molar-refractivity contribution in [2.75, 3.05) is 6.54 Å². The summed E-state index contributed by atoms with van der Waals surface area (Å²) in [6.07, 6.45) is 1.09. The molecule has 0 saturated heterocycles. The minimum absolute atomic E-state index is 0.245. The van der Waals surface area contributed by atoms with E-state index < -0.39 is 0 Å². The van der Waals surface area contributed by atoms with Gasteiger partial charge in [-0.25, -0.2) is 4.98 Å². The van der Waals surface area contributed by atoms with Crippen molar-refractivity contribution in [2.45, 2.75) is 13.8 Å². The van der Waals surface area contributed by atoms with Crippen LogP contribution >= 0.6 is 0 Å². The Bertz CT molecular complexity index is 329. The molecule has 0 spiro atoms. The lowest BCUT2D eigenvalue weighted by Crippen LogP contribution is -2.24. The van der Waals surface area contributed by atoms with Gasteiger partial charge in [-0.2, -0.15) is 0 Å². The molecule has 0 radical (unpaired) electrons. The summed E-state index contributed by atoms with van der Waals surface area (Å²) in [6.45, 7) is 4.14. The summed E-state index contributed by atoms with van der Waals surface area (Å²) in [6, 6.07) is 0. The number of rotatable bonds is 3. The molecule has 0 bridgehead atoms. The molecule has 0 saturated carbocycles. The Hall–Kier alpha value is -1.65. The van der Waals surface area contributed by atoms with Crippen molar-refractivity contribution in [3.63, 3.8) is 0 Å². The average molecular weight is 180 g/mol. The molecule has 70 valence electrons. The Morgan fingerprint density at radius 2 is 2.46 bits per heavy atom. The van der Waals surface area contributed by atoms with Crippen molar-refractivity contribution in [3.8, 4) is 0 Å². The van der Waals surface area contributed by atoms with Crippen molar-refractivity contribution in [1.82, 2.24) is 15.3 Å². The summed E-state index contributed by atoms with van der Waals surface area (Å²) in [7, 11) is 0. The lowest BCUT2D eigenvalue weighted by atomic mass is 10.3. The highest BCUT2D eigenvalue weighted by atomic mass is 16.1. The van der Waals surface area contributed by atoms with Crippen molar-refractivity contribution in [3.05, 3.63) is 17.2 Å². The lowest BCUT2D eigenvalue weighted by molar-refractivity contribution is 0.0951. The van der Waals surface area contributed by atoms with Gasteiger partial charge < -0.3 is 15.7 Å². The van der Waals surface area contributed by atoms with Crippen LogP contribution in [0.3, 0.4) is 0 Å². The van der Waals surface area contributed by atoms with Crippen LogP contribution in [0.15, 0.2) is 0 Å². The van der Waals surface area contributed by atoms with Gasteiger partial charge in [0.25, 0.3) is 5.91 Å². The number of carbonyl (C=O) groups is 1. The van der Waals surface area contributed by atoms with Gasteiger partial charge in [-0.3, -0.25) is 4.79 Å². The molecule has 0 unspecified atom stereocenters. The van der Waals surface area contributed by atoms with Crippen LogP contribution in [-0.2, 0) is 0 Å². The summed E-state index contributed by atoms with van der Waals surface area (Å²) >= 11 is 0. The quantitative estimate of drug-likeness (QED) is 0.591. The van der Waals surface area contributed by atoms with Gasteiger partial charge in [0.05, 0.1) is 5.69 Å². The van der Waals surface area contributed by atoms with E-state index in [1.165, 1.54) is 0 Å². The van der Waals surface area contributed by atoms with Crippen LogP contribution in [0, 0.1) is 12.3 Å². The molecule has 0 aliphatic carbocycles. The molecule has 0 aliphatic heterocycles. The fourth-order valence-corrected chi connectivity index (χ4v) is 1.03. The van der Waals surface area contributed by atoms with Crippen LogP contribution in [-0.4, -0.2) is 28.6 Å². The lowest BCUT2D eigenvalue weighted by Gasteiger charge is -1.97. The molecule has 5 nitrogen and oxygen atoms in total. The van der Waals surface area contributed by atoms with E-state index in [9.17, 15) is 4.79 Å². The number of hydrogen-bond acceptors (Lipinski definition) is 3. The second-order valence-corrected chi connectivity index (χ2v) is 2.59. The smallest absolute Gasteiger partial charge is 0.272 e. The highest BCUT2D eigenvalue weighted by Crippen LogP contribution is 2.02. The zero-order chi connectivity index (χ0) is 9.84. The minimum atomic E-state index is -0.245. The molecule has 0 fully saturated rings. The van der Waals surface area contributed by atoms with Crippen LogP contribution in [0.2, 0.25) is 0 Å². The van der Waals surface area contributed by atoms with Gasteiger partial charge in [-0.15, -0.1) is 0 Å². The van der Waals surface area contributed by atoms with Gasteiger partial charge in [0.15, 0.2) is 5.69 Å². The SMILES string of the molecule is CCNC(=O)c1nc(C)[nH]c1C=N. The van der Waals surface area contributed by atoms with Gasteiger partial charge in [-0.05, 0) is 13.8 Å². The number of aromatic amines is 1.